The van der Waals surface area contributed by atoms with Gasteiger partial charge >= 0.3 is 0 Å². The van der Waals surface area contributed by atoms with Crippen LogP contribution in [0.3, 0.4) is 0 Å². The lowest BCUT2D eigenvalue weighted by atomic mass is 10.0. The molecular weight excluding hydrogens is 284 g/mol. The van der Waals surface area contributed by atoms with Crippen LogP contribution >= 0.6 is 0 Å². The zero-order chi connectivity index (χ0) is 16.2. The number of amides is 2. The second kappa shape index (κ2) is 6.51. The van der Waals surface area contributed by atoms with Crippen LogP contribution in [0.5, 0.6) is 11.5 Å². The van der Waals surface area contributed by atoms with Crippen molar-refractivity contribution >= 4 is 17.5 Å². The molecule has 0 spiro atoms. The summed E-state index contributed by atoms with van der Waals surface area (Å²) in [5.74, 6) is 0.501. The second-order valence-electron chi connectivity index (χ2n) is 5.10. The van der Waals surface area contributed by atoms with E-state index in [0.717, 1.165) is 0 Å². The van der Waals surface area contributed by atoms with Gasteiger partial charge in [0.2, 0.25) is 11.8 Å². The number of carbonyl (C=O) groups excluding carboxylic acids is 2. The molecule has 1 aromatic rings. The van der Waals surface area contributed by atoms with Gasteiger partial charge in [0.25, 0.3) is 0 Å². The molecule has 0 unspecified atom stereocenters. The third-order valence-electron chi connectivity index (χ3n) is 3.68. The summed E-state index contributed by atoms with van der Waals surface area (Å²) in [6.07, 6.45) is 2.65. The summed E-state index contributed by atoms with van der Waals surface area (Å²) in [5.41, 5.74) is -0.508. The summed E-state index contributed by atoms with van der Waals surface area (Å²) in [5, 5.41) is 5.44. The highest BCUT2D eigenvalue weighted by molar-refractivity contribution is 6.13. The number of benzene rings is 1. The fraction of sp³-hybridized carbons (Fsp3) is 0.375. The molecule has 6 heteroatoms. The number of nitrogens with one attached hydrogen (secondary N) is 2. The minimum atomic E-state index is -0.989. The normalized spacial score (nSPS) is 14.6. The maximum Gasteiger partial charge on any atom is 0.240 e. The van der Waals surface area contributed by atoms with Crippen molar-refractivity contribution in [2.75, 3.05) is 26.1 Å². The Hall–Kier alpha value is -2.50. The predicted octanol–water partition coefficient (Wildman–Crippen LogP) is 1.72. The Balaban J connectivity index is 2.15. The van der Waals surface area contributed by atoms with Gasteiger partial charge in [-0.05, 0) is 25.0 Å². The van der Waals surface area contributed by atoms with E-state index >= 15 is 0 Å². The molecule has 0 atom stereocenters. The van der Waals surface area contributed by atoms with Crippen LogP contribution in [-0.2, 0) is 9.59 Å². The van der Waals surface area contributed by atoms with Gasteiger partial charge in [-0.1, -0.05) is 6.08 Å². The molecule has 0 bridgehead atoms. The van der Waals surface area contributed by atoms with Crippen LogP contribution in [-0.4, -0.2) is 32.6 Å². The van der Waals surface area contributed by atoms with Crippen molar-refractivity contribution in [1.82, 2.24) is 5.32 Å². The first-order valence-corrected chi connectivity index (χ1v) is 7.00. The van der Waals surface area contributed by atoms with E-state index in [0.29, 0.717) is 36.6 Å². The lowest BCUT2D eigenvalue weighted by Gasteiger charge is -2.17. The fourth-order valence-electron chi connectivity index (χ4n) is 2.17. The summed E-state index contributed by atoms with van der Waals surface area (Å²) >= 11 is 0. The van der Waals surface area contributed by atoms with Crippen LogP contribution in [0.25, 0.3) is 0 Å². The van der Waals surface area contributed by atoms with Gasteiger partial charge in [0.1, 0.15) is 16.9 Å². The third kappa shape index (κ3) is 3.05. The first-order chi connectivity index (χ1) is 10.6. The second-order valence-corrected chi connectivity index (χ2v) is 5.10. The SMILES string of the molecule is C=CCNC(=O)C1(C(=O)Nc2cc(OC)ccc2OC)CC1. The Labute approximate surface area is 129 Å². The van der Waals surface area contributed by atoms with Gasteiger partial charge in [-0.3, -0.25) is 9.59 Å². The summed E-state index contributed by atoms with van der Waals surface area (Å²) < 4.78 is 10.4. The van der Waals surface area contributed by atoms with E-state index in [1.165, 1.54) is 7.11 Å². The van der Waals surface area contributed by atoms with Crippen molar-refractivity contribution in [2.45, 2.75) is 12.8 Å². The molecule has 0 radical (unpaired) electrons. The number of rotatable bonds is 7. The molecule has 0 aliphatic heterocycles. The van der Waals surface area contributed by atoms with Gasteiger partial charge in [0.15, 0.2) is 0 Å². The van der Waals surface area contributed by atoms with Gasteiger partial charge in [0, 0.05) is 12.6 Å². The van der Waals surface area contributed by atoms with Crippen molar-refractivity contribution in [2.24, 2.45) is 5.41 Å². The number of carbonyl (C=O) groups is 2. The number of methoxy groups -OCH3 is 2. The number of anilines is 1. The lowest BCUT2D eigenvalue weighted by Crippen LogP contribution is -2.40. The molecule has 118 valence electrons. The van der Waals surface area contributed by atoms with Gasteiger partial charge in [0.05, 0.1) is 19.9 Å². The largest absolute Gasteiger partial charge is 0.497 e. The highest BCUT2D eigenvalue weighted by Gasteiger charge is 2.56. The van der Waals surface area contributed by atoms with Crippen LogP contribution in [0, 0.1) is 5.41 Å². The Bertz CT molecular complexity index is 594. The molecule has 6 nitrogen and oxygen atoms in total. The third-order valence-corrected chi connectivity index (χ3v) is 3.68. The quantitative estimate of drug-likeness (QED) is 0.594. The lowest BCUT2D eigenvalue weighted by molar-refractivity contribution is -0.134. The molecule has 2 rings (SSSR count). The van der Waals surface area contributed by atoms with Gasteiger partial charge in [-0.25, -0.2) is 0 Å². The highest BCUT2D eigenvalue weighted by atomic mass is 16.5. The van der Waals surface area contributed by atoms with Crippen molar-refractivity contribution in [3.05, 3.63) is 30.9 Å². The summed E-state index contributed by atoms with van der Waals surface area (Å²) in [7, 11) is 3.06. The van der Waals surface area contributed by atoms with Gasteiger partial charge < -0.3 is 20.1 Å². The van der Waals surface area contributed by atoms with Crippen LogP contribution in [0.2, 0.25) is 0 Å². The summed E-state index contributed by atoms with van der Waals surface area (Å²) in [6.45, 7) is 3.89. The number of ether oxygens (including phenoxy) is 2. The Morgan fingerprint density at radius 2 is 2.00 bits per heavy atom. The molecule has 1 aliphatic carbocycles. The van der Waals surface area contributed by atoms with E-state index in [1.807, 2.05) is 0 Å². The summed E-state index contributed by atoms with van der Waals surface area (Å²) in [4.78, 5) is 24.6. The zero-order valence-corrected chi connectivity index (χ0v) is 12.8. The average molecular weight is 304 g/mol. The standard InChI is InChI=1S/C16H20N2O4/c1-4-9-17-14(19)16(7-8-16)15(20)18-12-10-11(21-2)5-6-13(12)22-3/h4-6,10H,1,7-9H2,2-3H3,(H,17,19)(H,18,20). The van der Waals surface area contributed by atoms with Crippen LogP contribution < -0.4 is 20.1 Å². The molecule has 1 saturated carbocycles. The molecule has 0 saturated heterocycles. The molecule has 1 fully saturated rings. The van der Waals surface area contributed by atoms with E-state index < -0.39 is 5.41 Å². The molecule has 1 aliphatic rings. The minimum absolute atomic E-state index is 0.272. The maximum absolute atomic E-state index is 12.5. The van der Waals surface area contributed by atoms with Gasteiger partial charge in [-0.2, -0.15) is 0 Å². The Morgan fingerprint density at radius 1 is 1.27 bits per heavy atom. The van der Waals surface area contributed by atoms with E-state index in [1.54, 1.807) is 31.4 Å². The van der Waals surface area contributed by atoms with Crippen molar-refractivity contribution in [3.63, 3.8) is 0 Å². The first-order valence-electron chi connectivity index (χ1n) is 7.00. The van der Waals surface area contributed by atoms with E-state index in [4.69, 9.17) is 9.47 Å². The molecule has 0 aromatic heterocycles. The van der Waals surface area contributed by atoms with E-state index in [2.05, 4.69) is 17.2 Å². The van der Waals surface area contributed by atoms with Crippen molar-refractivity contribution < 1.29 is 19.1 Å². The topological polar surface area (TPSA) is 76.7 Å². The van der Waals surface area contributed by atoms with Crippen molar-refractivity contribution in [1.29, 1.82) is 0 Å². The molecule has 0 heterocycles. The average Bonchev–Trinajstić information content (AvgIpc) is 3.34. The monoisotopic (exact) mass is 304 g/mol. The summed E-state index contributed by atoms with van der Waals surface area (Å²) in [6, 6.07) is 5.10. The van der Waals surface area contributed by atoms with Crippen LogP contribution in [0.4, 0.5) is 5.69 Å². The van der Waals surface area contributed by atoms with Crippen LogP contribution in [0.1, 0.15) is 12.8 Å². The molecule has 22 heavy (non-hydrogen) atoms. The predicted molar refractivity (Wildman–Crippen MR) is 83.0 cm³/mol. The Kier molecular flexibility index (Phi) is 4.70. The maximum atomic E-state index is 12.5. The minimum Gasteiger partial charge on any atom is -0.497 e. The zero-order valence-electron chi connectivity index (χ0n) is 12.8. The Morgan fingerprint density at radius 3 is 2.55 bits per heavy atom. The smallest absolute Gasteiger partial charge is 0.240 e. The first kappa shape index (κ1) is 15.9. The molecule has 2 amide bonds. The van der Waals surface area contributed by atoms with Gasteiger partial charge in [-0.15, -0.1) is 6.58 Å². The van der Waals surface area contributed by atoms with Crippen LogP contribution in [0.15, 0.2) is 30.9 Å². The molecular formula is C16H20N2O4. The highest BCUT2D eigenvalue weighted by Crippen LogP contribution is 2.47. The van der Waals surface area contributed by atoms with E-state index in [-0.39, 0.29) is 11.8 Å². The molecule has 1 aromatic carbocycles. The molecule has 2 N–H and O–H groups in total. The number of hydrogen-bond donors (Lipinski definition) is 2. The fourth-order valence-corrected chi connectivity index (χ4v) is 2.17. The van der Waals surface area contributed by atoms with Crippen molar-refractivity contribution in [3.8, 4) is 11.5 Å². The van der Waals surface area contributed by atoms with E-state index in [9.17, 15) is 9.59 Å². The number of hydrogen-bond acceptors (Lipinski definition) is 4.